The zero-order valence-electron chi connectivity index (χ0n) is 8.90. The van der Waals surface area contributed by atoms with Crippen LogP contribution in [0.15, 0.2) is 20.9 Å². The summed E-state index contributed by atoms with van der Waals surface area (Å²) in [7, 11) is -1.22. The minimum atomic E-state index is -1.22. The van der Waals surface area contributed by atoms with Gasteiger partial charge in [-0.2, -0.15) is 4.40 Å². The molecule has 0 spiro atoms. The van der Waals surface area contributed by atoms with Crippen LogP contribution in [0.2, 0.25) is 0 Å². The first-order valence-corrected chi connectivity index (χ1v) is 5.53. The lowest BCUT2D eigenvalue weighted by molar-refractivity contribution is 0.528. The highest BCUT2D eigenvalue weighted by Crippen LogP contribution is 2.12. The Morgan fingerprint density at radius 2 is 2.07 bits per heavy atom. The van der Waals surface area contributed by atoms with Gasteiger partial charge in [0.05, 0.1) is 11.0 Å². The van der Waals surface area contributed by atoms with Crippen LogP contribution in [0.5, 0.6) is 0 Å². The molecule has 1 rings (SSSR count). The third kappa shape index (κ3) is 3.10. The summed E-state index contributed by atoms with van der Waals surface area (Å²) in [6.07, 6.45) is 1.51. The summed E-state index contributed by atoms with van der Waals surface area (Å²) in [4.78, 5) is 0. The second kappa shape index (κ2) is 4.09. The highest BCUT2D eigenvalue weighted by atomic mass is 32.2. The Bertz CT molecular complexity index is 360. The molecular weight excluding hydrogens is 198 g/mol. The maximum absolute atomic E-state index is 11.5. The van der Waals surface area contributed by atoms with Gasteiger partial charge in [0.1, 0.15) is 22.5 Å². The van der Waals surface area contributed by atoms with Crippen molar-refractivity contribution < 1.29 is 8.63 Å². The standard InChI is InChI=1S/C10H15NO2S/c1-8-5-6-9(13-8)7-11-14(12)10(2,3)4/h5-7H,1-4H3/b11-7+/t14-/m1/s1. The summed E-state index contributed by atoms with van der Waals surface area (Å²) in [5.41, 5.74) is 0. The van der Waals surface area contributed by atoms with E-state index in [0.29, 0.717) is 5.76 Å². The van der Waals surface area contributed by atoms with Crippen molar-refractivity contribution in [1.82, 2.24) is 0 Å². The molecule has 0 fully saturated rings. The Morgan fingerprint density at radius 1 is 1.43 bits per heavy atom. The molecule has 1 aromatic rings. The third-order valence-electron chi connectivity index (χ3n) is 1.56. The molecule has 78 valence electrons. The molecule has 14 heavy (non-hydrogen) atoms. The minimum Gasteiger partial charge on any atom is -0.460 e. The Labute approximate surface area is 86.8 Å². The number of hydrogen-bond acceptors (Lipinski definition) is 2. The van der Waals surface area contributed by atoms with E-state index in [-0.39, 0.29) is 4.75 Å². The molecule has 0 aliphatic heterocycles. The lowest BCUT2D eigenvalue weighted by Crippen LogP contribution is -2.19. The molecule has 1 heterocycles. The molecule has 4 heteroatoms. The van der Waals surface area contributed by atoms with Crippen LogP contribution in [0.3, 0.4) is 0 Å². The van der Waals surface area contributed by atoms with E-state index in [1.165, 1.54) is 6.21 Å². The molecule has 0 aliphatic rings. The lowest BCUT2D eigenvalue weighted by atomic mass is 10.3. The van der Waals surface area contributed by atoms with Crippen molar-refractivity contribution >= 4 is 17.2 Å². The molecule has 0 bridgehead atoms. The summed E-state index contributed by atoms with van der Waals surface area (Å²) in [5, 5.41) is 0. The fourth-order valence-electron chi connectivity index (χ4n) is 0.781. The molecule has 0 saturated heterocycles. The van der Waals surface area contributed by atoms with Gasteiger partial charge in [0, 0.05) is 0 Å². The molecule has 1 aromatic heterocycles. The monoisotopic (exact) mass is 213 g/mol. The summed E-state index contributed by atoms with van der Waals surface area (Å²) < 4.78 is 20.4. The zero-order chi connectivity index (χ0) is 10.8. The molecule has 0 amide bonds. The molecule has 0 unspecified atom stereocenters. The summed E-state index contributed by atoms with van der Waals surface area (Å²) >= 11 is 0. The van der Waals surface area contributed by atoms with Crippen molar-refractivity contribution in [2.75, 3.05) is 0 Å². The molecule has 0 aliphatic carbocycles. The van der Waals surface area contributed by atoms with Gasteiger partial charge in [-0.25, -0.2) is 4.21 Å². The Hall–Kier alpha value is -0.900. The lowest BCUT2D eigenvalue weighted by Gasteiger charge is -2.12. The van der Waals surface area contributed by atoms with Gasteiger partial charge < -0.3 is 4.42 Å². The smallest absolute Gasteiger partial charge is 0.146 e. The molecule has 0 N–H and O–H groups in total. The van der Waals surface area contributed by atoms with Crippen molar-refractivity contribution in [3.63, 3.8) is 0 Å². The van der Waals surface area contributed by atoms with Crippen LogP contribution in [0.25, 0.3) is 0 Å². The van der Waals surface area contributed by atoms with Crippen molar-refractivity contribution in [3.8, 4) is 0 Å². The first kappa shape index (κ1) is 11.2. The first-order valence-electron chi connectivity index (χ1n) is 4.42. The van der Waals surface area contributed by atoms with Gasteiger partial charge in [-0.05, 0) is 39.8 Å². The zero-order valence-corrected chi connectivity index (χ0v) is 9.72. The molecule has 0 saturated carbocycles. The van der Waals surface area contributed by atoms with Gasteiger partial charge in [0.2, 0.25) is 0 Å². The largest absolute Gasteiger partial charge is 0.460 e. The van der Waals surface area contributed by atoms with Crippen molar-refractivity contribution in [1.29, 1.82) is 0 Å². The van der Waals surface area contributed by atoms with Crippen molar-refractivity contribution in [2.24, 2.45) is 4.40 Å². The predicted molar refractivity (Wildman–Crippen MR) is 58.9 cm³/mol. The topological polar surface area (TPSA) is 42.6 Å². The van der Waals surface area contributed by atoms with Gasteiger partial charge in [-0.3, -0.25) is 0 Å². The average Bonchev–Trinajstić information content (AvgIpc) is 2.45. The quantitative estimate of drug-likeness (QED) is 0.708. The normalized spacial score (nSPS) is 14.9. The second-order valence-corrected chi connectivity index (χ2v) is 5.98. The van der Waals surface area contributed by atoms with Gasteiger partial charge in [0.15, 0.2) is 0 Å². The van der Waals surface area contributed by atoms with Crippen LogP contribution < -0.4 is 0 Å². The summed E-state index contributed by atoms with van der Waals surface area (Å²) in [5.74, 6) is 1.47. The summed E-state index contributed by atoms with van der Waals surface area (Å²) in [6.45, 7) is 7.51. The molecule has 3 nitrogen and oxygen atoms in total. The van der Waals surface area contributed by atoms with Gasteiger partial charge in [0.25, 0.3) is 0 Å². The van der Waals surface area contributed by atoms with Crippen LogP contribution in [-0.2, 0) is 11.0 Å². The number of aryl methyl sites for hydroxylation is 1. The third-order valence-corrected chi connectivity index (χ3v) is 2.91. The van der Waals surface area contributed by atoms with E-state index in [9.17, 15) is 4.21 Å². The first-order chi connectivity index (χ1) is 6.39. The van der Waals surface area contributed by atoms with Crippen molar-refractivity contribution in [3.05, 3.63) is 23.7 Å². The molecule has 0 radical (unpaired) electrons. The Balaban J connectivity index is 2.70. The van der Waals surface area contributed by atoms with E-state index < -0.39 is 11.0 Å². The van der Waals surface area contributed by atoms with Gasteiger partial charge >= 0.3 is 0 Å². The van der Waals surface area contributed by atoms with E-state index in [1.54, 1.807) is 6.07 Å². The van der Waals surface area contributed by atoms with Crippen LogP contribution in [0.1, 0.15) is 32.3 Å². The predicted octanol–water partition coefficient (Wildman–Crippen LogP) is 2.47. The van der Waals surface area contributed by atoms with E-state index in [4.69, 9.17) is 4.42 Å². The van der Waals surface area contributed by atoms with Gasteiger partial charge in [-0.1, -0.05) is 0 Å². The van der Waals surface area contributed by atoms with Gasteiger partial charge in [-0.15, -0.1) is 0 Å². The maximum atomic E-state index is 11.5. The van der Waals surface area contributed by atoms with E-state index in [2.05, 4.69) is 4.40 Å². The maximum Gasteiger partial charge on any atom is 0.146 e. The Morgan fingerprint density at radius 3 is 2.50 bits per heavy atom. The highest BCUT2D eigenvalue weighted by molar-refractivity contribution is 7.85. The van der Waals surface area contributed by atoms with Crippen LogP contribution in [-0.4, -0.2) is 15.2 Å². The fraction of sp³-hybridized carbons (Fsp3) is 0.500. The SMILES string of the molecule is Cc1ccc(/C=N/[S@](=O)C(C)(C)C)o1. The Kier molecular flexibility index (Phi) is 3.26. The molecular formula is C10H15NO2S. The van der Waals surface area contributed by atoms with E-state index >= 15 is 0 Å². The van der Waals surface area contributed by atoms with Crippen LogP contribution in [0, 0.1) is 6.92 Å². The molecule has 0 aromatic carbocycles. The fourth-order valence-corrected chi connectivity index (χ4v) is 1.30. The number of furan rings is 1. The highest BCUT2D eigenvalue weighted by Gasteiger charge is 2.18. The van der Waals surface area contributed by atoms with E-state index in [1.807, 2.05) is 33.8 Å². The number of nitrogens with zero attached hydrogens (tertiary/aromatic N) is 1. The molecule has 1 atom stereocenters. The van der Waals surface area contributed by atoms with E-state index in [0.717, 1.165) is 5.76 Å². The average molecular weight is 213 g/mol. The van der Waals surface area contributed by atoms with Crippen LogP contribution >= 0.6 is 0 Å². The number of rotatable bonds is 2. The van der Waals surface area contributed by atoms with Crippen molar-refractivity contribution in [2.45, 2.75) is 32.4 Å². The second-order valence-electron chi connectivity index (χ2n) is 4.04. The minimum absolute atomic E-state index is 0.321. The summed E-state index contributed by atoms with van der Waals surface area (Å²) in [6, 6.07) is 3.65. The number of hydrogen-bond donors (Lipinski definition) is 0. The van der Waals surface area contributed by atoms with Crippen LogP contribution in [0.4, 0.5) is 0 Å².